The molecule has 5 nitrogen and oxygen atoms in total. The summed E-state index contributed by atoms with van der Waals surface area (Å²) < 4.78 is 5.35. The minimum absolute atomic E-state index is 0.341. The van der Waals surface area contributed by atoms with Gasteiger partial charge in [0.25, 0.3) is 5.91 Å². The van der Waals surface area contributed by atoms with Gasteiger partial charge >= 0.3 is 0 Å². The number of anilines is 1. The molecule has 0 bridgehead atoms. The van der Waals surface area contributed by atoms with Crippen LogP contribution in [0, 0.1) is 6.57 Å². The predicted octanol–water partition coefficient (Wildman–Crippen LogP) is 6.44. The van der Waals surface area contributed by atoms with Gasteiger partial charge in [-0.05, 0) is 42.5 Å². The van der Waals surface area contributed by atoms with Crippen LogP contribution in [0.2, 0.25) is 10.0 Å². The molecule has 0 saturated carbocycles. The largest absolute Gasteiger partial charge is 0.495 e. The van der Waals surface area contributed by atoms with Crippen LogP contribution in [0.5, 0.6) is 5.75 Å². The minimum Gasteiger partial charge on any atom is -0.495 e. The second kappa shape index (κ2) is 10.1. The van der Waals surface area contributed by atoms with Crippen molar-refractivity contribution in [2.45, 2.75) is 19.8 Å². The van der Waals surface area contributed by atoms with Crippen molar-refractivity contribution < 1.29 is 9.53 Å². The van der Waals surface area contributed by atoms with Crippen LogP contribution < -0.4 is 15.4 Å². The molecule has 3 rings (SSSR count). The van der Waals surface area contributed by atoms with Crippen molar-refractivity contribution in [2.24, 2.45) is 0 Å². The Bertz CT molecular complexity index is 1120. The number of hydrogen-bond acceptors (Lipinski definition) is 4. The SMILES string of the molecule is [C-]#[N+]C1=C(SCC)NC(C)=C(C(=O)Nc2ccccc2OC)C1c1ccc(Cl)cc1Cl. The van der Waals surface area contributed by atoms with Gasteiger partial charge in [-0.15, -0.1) is 11.8 Å². The Morgan fingerprint density at radius 3 is 2.68 bits per heavy atom. The van der Waals surface area contributed by atoms with Gasteiger partial charge in [-0.3, -0.25) is 4.79 Å². The fourth-order valence-corrected chi connectivity index (χ4v) is 4.78. The normalized spacial score (nSPS) is 15.9. The molecule has 2 aromatic rings. The maximum atomic E-state index is 13.5. The summed E-state index contributed by atoms with van der Waals surface area (Å²) in [5.74, 6) is 0.347. The maximum Gasteiger partial charge on any atom is 0.253 e. The van der Waals surface area contributed by atoms with E-state index >= 15 is 0 Å². The van der Waals surface area contributed by atoms with Crippen molar-refractivity contribution in [3.05, 3.63) is 91.5 Å². The van der Waals surface area contributed by atoms with Gasteiger partial charge in [-0.1, -0.05) is 48.3 Å². The van der Waals surface area contributed by atoms with E-state index in [1.54, 1.807) is 37.4 Å². The monoisotopic (exact) mass is 473 g/mol. The second-order valence-corrected chi connectivity index (χ2v) is 8.79. The van der Waals surface area contributed by atoms with Crippen LogP contribution in [0.1, 0.15) is 25.3 Å². The van der Waals surface area contributed by atoms with E-state index in [4.69, 9.17) is 34.5 Å². The molecule has 0 spiro atoms. The summed E-state index contributed by atoms with van der Waals surface area (Å²) in [6.07, 6.45) is 0. The molecule has 1 aliphatic heterocycles. The van der Waals surface area contributed by atoms with Crippen molar-refractivity contribution in [3.8, 4) is 5.75 Å². The van der Waals surface area contributed by atoms with Crippen LogP contribution in [-0.2, 0) is 4.79 Å². The van der Waals surface area contributed by atoms with Gasteiger partial charge < -0.3 is 15.4 Å². The number of benzene rings is 2. The number of nitrogens with one attached hydrogen (secondary N) is 2. The molecule has 8 heteroatoms. The van der Waals surface area contributed by atoms with E-state index in [-0.39, 0.29) is 5.91 Å². The van der Waals surface area contributed by atoms with E-state index in [0.717, 1.165) is 10.8 Å². The summed E-state index contributed by atoms with van der Waals surface area (Å²) in [5, 5.41) is 7.77. The van der Waals surface area contributed by atoms with E-state index in [9.17, 15) is 4.79 Å². The van der Waals surface area contributed by atoms with E-state index in [1.807, 2.05) is 26.0 Å². The van der Waals surface area contributed by atoms with Crippen LogP contribution in [0.3, 0.4) is 0 Å². The Morgan fingerprint density at radius 1 is 1.29 bits per heavy atom. The van der Waals surface area contributed by atoms with Crippen molar-refractivity contribution in [3.63, 3.8) is 0 Å². The molecule has 0 radical (unpaired) electrons. The highest BCUT2D eigenvalue weighted by Gasteiger charge is 2.36. The smallest absolute Gasteiger partial charge is 0.253 e. The van der Waals surface area contributed by atoms with Crippen molar-refractivity contribution in [2.75, 3.05) is 18.2 Å². The summed E-state index contributed by atoms with van der Waals surface area (Å²) in [4.78, 5) is 17.3. The lowest BCUT2D eigenvalue weighted by Gasteiger charge is -2.30. The zero-order valence-electron chi connectivity index (χ0n) is 17.3. The lowest BCUT2D eigenvalue weighted by Crippen LogP contribution is -2.30. The van der Waals surface area contributed by atoms with Gasteiger partial charge in [0.2, 0.25) is 5.70 Å². The lowest BCUT2D eigenvalue weighted by molar-refractivity contribution is -0.113. The third-order valence-corrected chi connectivity index (χ3v) is 6.23. The first kappa shape index (κ1) is 23.1. The number of amides is 1. The summed E-state index contributed by atoms with van der Waals surface area (Å²) in [6, 6.07) is 12.3. The molecule has 31 heavy (non-hydrogen) atoms. The van der Waals surface area contributed by atoms with Gasteiger partial charge in [0.05, 0.1) is 30.3 Å². The Labute approximate surface area is 196 Å². The predicted molar refractivity (Wildman–Crippen MR) is 128 cm³/mol. The van der Waals surface area contributed by atoms with Gasteiger partial charge in [0.1, 0.15) is 5.75 Å². The fourth-order valence-electron chi connectivity index (χ4n) is 3.43. The van der Waals surface area contributed by atoms with Crippen molar-refractivity contribution >= 4 is 46.6 Å². The summed E-state index contributed by atoms with van der Waals surface area (Å²) in [7, 11) is 1.54. The van der Waals surface area contributed by atoms with Crippen LogP contribution in [0.4, 0.5) is 5.69 Å². The average molecular weight is 474 g/mol. The third kappa shape index (κ3) is 4.85. The molecule has 0 aromatic heterocycles. The number of nitrogens with zero attached hydrogens (tertiary/aromatic N) is 1. The van der Waals surface area contributed by atoms with Gasteiger partial charge in [0, 0.05) is 21.3 Å². The minimum atomic E-state index is -0.632. The fraction of sp³-hybridized carbons (Fsp3) is 0.217. The van der Waals surface area contributed by atoms with Crippen molar-refractivity contribution in [1.29, 1.82) is 0 Å². The van der Waals surface area contributed by atoms with E-state index < -0.39 is 5.92 Å². The highest BCUT2D eigenvalue weighted by molar-refractivity contribution is 8.03. The topological polar surface area (TPSA) is 54.7 Å². The summed E-state index contributed by atoms with van der Waals surface area (Å²) >= 11 is 14.1. The molecule has 0 fully saturated rings. The summed E-state index contributed by atoms with van der Waals surface area (Å²) in [6.45, 7) is 11.7. The van der Waals surface area contributed by atoms with Crippen LogP contribution in [0.25, 0.3) is 4.85 Å². The molecular formula is C23H21Cl2N3O2S. The van der Waals surface area contributed by atoms with Gasteiger partial charge in [-0.25, -0.2) is 4.85 Å². The highest BCUT2D eigenvalue weighted by atomic mass is 35.5. The van der Waals surface area contributed by atoms with Gasteiger partial charge in [-0.2, -0.15) is 0 Å². The molecule has 0 aliphatic carbocycles. The number of hydrogen-bond donors (Lipinski definition) is 2. The van der Waals surface area contributed by atoms with E-state index in [0.29, 0.717) is 44.0 Å². The lowest BCUT2D eigenvalue weighted by atomic mass is 9.85. The number of dihydropyridines is 1. The molecular weight excluding hydrogens is 453 g/mol. The maximum absolute atomic E-state index is 13.5. The Kier molecular flexibility index (Phi) is 7.55. The molecule has 1 aliphatic rings. The number of carbonyl (C=O) groups is 1. The number of carbonyl (C=O) groups excluding carboxylic acids is 1. The summed E-state index contributed by atoms with van der Waals surface area (Å²) in [5.41, 5.74) is 2.69. The van der Waals surface area contributed by atoms with Crippen LogP contribution in [0.15, 0.2) is 64.5 Å². The molecule has 1 unspecified atom stereocenters. The van der Waals surface area contributed by atoms with Crippen molar-refractivity contribution in [1.82, 2.24) is 5.32 Å². The first-order chi connectivity index (χ1) is 14.9. The quantitative estimate of drug-likeness (QED) is 0.473. The first-order valence-corrected chi connectivity index (χ1v) is 11.3. The Morgan fingerprint density at radius 2 is 2.03 bits per heavy atom. The molecule has 1 heterocycles. The van der Waals surface area contributed by atoms with Crippen LogP contribution >= 0.6 is 35.0 Å². The number of para-hydroxylation sites is 2. The molecule has 2 N–H and O–H groups in total. The highest BCUT2D eigenvalue weighted by Crippen LogP contribution is 2.44. The molecule has 0 saturated heterocycles. The number of methoxy groups -OCH3 is 1. The average Bonchev–Trinajstić information content (AvgIpc) is 2.74. The Hall–Kier alpha value is -2.59. The number of allylic oxidation sites excluding steroid dienone is 2. The molecule has 1 atom stereocenters. The molecule has 1 amide bonds. The van der Waals surface area contributed by atoms with E-state index in [1.165, 1.54) is 11.8 Å². The number of thioether (sulfide) groups is 1. The molecule has 2 aromatic carbocycles. The first-order valence-electron chi connectivity index (χ1n) is 9.52. The molecule has 160 valence electrons. The zero-order chi connectivity index (χ0) is 22.5. The second-order valence-electron chi connectivity index (χ2n) is 6.68. The third-order valence-electron chi connectivity index (χ3n) is 4.78. The Balaban J connectivity index is 2.13. The van der Waals surface area contributed by atoms with Gasteiger partial charge in [0.15, 0.2) is 0 Å². The number of halogens is 2. The zero-order valence-corrected chi connectivity index (χ0v) is 19.6. The standard InChI is InChI=1S/C23H21Cl2N3O2S/c1-5-31-23-21(26-3)20(15-11-10-14(24)12-16(15)25)19(13(2)27-23)22(29)28-17-8-6-7-9-18(17)30-4/h6-12,20,27H,5H2,1-2,4H3,(H,28,29). The van der Waals surface area contributed by atoms with E-state index in [2.05, 4.69) is 15.5 Å². The van der Waals surface area contributed by atoms with Crippen LogP contribution in [-0.4, -0.2) is 18.8 Å². The number of rotatable bonds is 6. The number of ether oxygens (including phenoxy) is 1.